The van der Waals surface area contributed by atoms with Gasteiger partial charge in [0.05, 0.1) is 16.9 Å². The van der Waals surface area contributed by atoms with E-state index in [1.54, 1.807) is 30.3 Å². The van der Waals surface area contributed by atoms with Crippen LogP contribution in [0, 0.1) is 0 Å². The third-order valence-corrected chi connectivity index (χ3v) is 3.90. The van der Waals surface area contributed by atoms with Crippen molar-refractivity contribution in [2.45, 2.75) is 0 Å². The second kappa shape index (κ2) is 3.93. The predicted molar refractivity (Wildman–Crippen MR) is 76.3 cm³/mol. The van der Waals surface area contributed by atoms with Crippen molar-refractivity contribution in [2.24, 2.45) is 0 Å². The summed E-state index contributed by atoms with van der Waals surface area (Å²) in [4.78, 5) is 24.8. The highest BCUT2D eigenvalue weighted by Crippen LogP contribution is 2.37. The lowest BCUT2D eigenvalue weighted by molar-refractivity contribution is 0.0979. The van der Waals surface area contributed by atoms with Crippen LogP contribution in [0.5, 0.6) is 0 Å². The standard InChI is InChI=1S/C14H9BrN2O2/c15-9-5-8-10(12(17)11(9)16)14(19)7-4-2-1-3-6(7)13(8)18/h1-5H,16-17H2. The molecule has 0 radical (unpaired) electrons. The van der Waals surface area contributed by atoms with Crippen molar-refractivity contribution in [1.29, 1.82) is 0 Å². The molecule has 1 aliphatic carbocycles. The zero-order valence-corrected chi connectivity index (χ0v) is 11.3. The maximum Gasteiger partial charge on any atom is 0.196 e. The van der Waals surface area contributed by atoms with E-state index in [4.69, 9.17) is 11.5 Å². The number of rotatable bonds is 0. The molecule has 5 heteroatoms. The number of halogens is 1. The lowest BCUT2D eigenvalue weighted by Gasteiger charge is -2.20. The lowest BCUT2D eigenvalue weighted by Crippen LogP contribution is -2.23. The van der Waals surface area contributed by atoms with Crippen LogP contribution in [0.4, 0.5) is 11.4 Å². The van der Waals surface area contributed by atoms with Crippen molar-refractivity contribution in [3.63, 3.8) is 0 Å². The second-order valence-electron chi connectivity index (χ2n) is 4.31. The molecule has 0 atom stereocenters. The molecule has 2 aromatic carbocycles. The van der Waals surface area contributed by atoms with Crippen LogP contribution in [0.15, 0.2) is 34.8 Å². The minimum absolute atomic E-state index is 0.150. The van der Waals surface area contributed by atoms with Gasteiger partial charge in [0.25, 0.3) is 0 Å². The van der Waals surface area contributed by atoms with Crippen molar-refractivity contribution in [2.75, 3.05) is 11.5 Å². The average Bonchev–Trinajstić information content (AvgIpc) is 2.42. The predicted octanol–water partition coefficient (Wildman–Crippen LogP) is 2.39. The van der Waals surface area contributed by atoms with Crippen LogP contribution >= 0.6 is 15.9 Å². The van der Waals surface area contributed by atoms with E-state index in [1.807, 2.05) is 0 Å². The number of nitrogen functional groups attached to an aromatic ring is 2. The molecule has 1 aliphatic rings. The van der Waals surface area contributed by atoms with Gasteiger partial charge in [-0.3, -0.25) is 9.59 Å². The van der Waals surface area contributed by atoms with Gasteiger partial charge in [0.2, 0.25) is 0 Å². The molecule has 0 saturated heterocycles. The minimum Gasteiger partial charge on any atom is -0.396 e. The first-order valence-electron chi connectivity index (χ1n) is 5.58. The number of carbonyl (C=O) groups is 2. The van der Waals surface area contributed by atoms with E-state index in [1.165, 1.54) is 0 Å². The molecule has 2 aromatic rings. The minimum atomic E-state index is -0.262. The average molecular weight is 317 g/mol. The normalized spacial score (nSPS) is 13.1. The monoisotopic (exact) mass is 316 g/mol. The summed E-state index contributed by atoms with van der Waals surface area (Å²) in [6.07, 6.45) is 0. The van der Waals surface area contributed by atoms with E-state index < -0.39 is 0 Å². The van der Waals surface area contributed by atoms with Gasteiger partial charge >= 0.3 is 0 Å². The Labute approximate surface area is 117 Å². The molecule has 0 aliphatic heterocycles. The Hall–Kier alpha value is -2.14. The number of anilines is 2. The van der Waals surface area contributed by atoms with Crippen molar-refractivity contribution >= 4 is 38.9 Å². The first-order valence-corrected chi connectivity index (χ1v) is 6.37. The SMILES string of the molecule is Nc1c(Br)cc2c(c1N)C(=O)c1ccccc1C2=O. The Morgan fingerprint density at radius 1 is 0.842 bits per heavy atom. The van der Waals surface area contributed by atoms with Gasteiger partial charge < -0.3 is 11.5 Å². The fourth-order valence-corrected chi connectivity index (χ4v) is 2.71. The highest BCUT2D eigenvalue weighted by atomic mass is 79.9. The fraction of sp³-hybridized carbons (Fsp3) is 0. The van der Waals surface area contributed by atoms with Crippen molar-refractivity contribution in [3.05, 3.63) is 57.1 Å². The van der Waals surface area contributed by atoms with E-state index in [2.05, 4.69) is 15.9 Å². The van der Waals surface area contributed by atoms with E-state index in [-0.39, 0.29) is 28.5 Å². The molecular weight excluding hydrogens is 308 g/mol. The molecule has 94 valence electrons. The van der Waals surface area contributed by atoms with Crippen molar-refractivity contribution in [1.82, 2.24) is 0 Å². The van der Waals surface area contributed by atoms with E-state index >= 15 is 0 Å². The molecule has 4 N–H and O–H groups in total. The number of carbonyl (C=O) groups excluding carboxylic acids is 2. The highest BCUT2D eigenvalue weighted by Gasteiger charge is 2.32. The Morgan fingerprint density at radius 2 is 1.42 bits per heavy atom. The molecular formula is C14H9BrN2O2. The molecule has 0 spiro atoms. The van der Waals surface area contributed by atoms with Crippen molar-refractivity contribution < 1.29 is 9.59 Å². The molecule has 0 aromatic heterocycles. The fourth-order valence-electron chi connectivity index (χ4n) is 2.27. The maximum atomic E-state index is 12.4. The molecule has 0 heterocycles. The van der Waals surface area contributed by atoms with Crippen LogP contribution in [-0.4, -0.2) is 11.6 Å². The smallest absolute Gasteiger partial charge is 0.196 e. The first kappa shape index (κ1) is 11.9. The van der Waals surface area contributed by atoms with Crippen LogP contribution in [0.25, 0.3) is 0 Å². The van der Waals surface area contributed by atoms with Gasteiger partial charge in [0, 0.05) is 21.2 Å². The van der Waals surface area contributed by atoms with Crippen molar-refractivity contribution in [3.8, 4) is 0 Å². The summed E-state index contributed by atoms with van der Waals surface area (Å²) >= 11 is 3.24. The molecule has 0 amide bonds. The van der Waals surface area contributed by atoms with Gasteiger partial charge in [0.1, 0.15) is 0 Å². The second-order valence-corrected chi connectivity index (χ2v) is 5.17. The zero-order valence-electron chi connectivity index (χ0n) is 9.74. The molecule has 0 bridgehead atoms. The number of hydrogen-bond acceptors (Lipinski definition) is 4. The highest BCUT2D eigenvalue weighted by molar-refractivity contribution is 9.10. The lowest BCUT2D eigenvalue weighted by atomic mass is 9.83. The Morgan fingerprint density at radius 3 is 2.05 bits per heavy atom. The van der Waals surface area contributed by atoms with Crippen LogP contribution in [0.3, 0.4) is 0 Å². The maximum absolute atomic E-state index is 12.4. The quantitative estimate of drug-likeness (QED) is 0.623. The molecule has 3 rings (SSSR count). The first-order chi connectivity index (χ1) is 9.02. The van der Waals surface area contributed by atoms with Crippen LogP contribution < -0.4 is 11.5 Å². The van der Waals surface area contributed by atoms with Crippen LogP contribution in [0.1, 0.15) is 31.8 Å². The van der Waals surface area contributed by atoms with E-state index in [9.17, 15) is 9.59 Å². The van der Waals surface area contributed by atoms with Crippen LogP contribution in [-0.2, 0) is 0 Å². The van der Waals surface area contributed by atoms with Gasteiger partial charge in [0.15, 0.2) is 11.6 Å². The summed E-state index contributed by atoms with van der Waals surface area (Å²) in [5, 5.41) is 0. The number of hydrogen-bond donors (Lipinski definition) is 2. The van der Waals surface area contributed by atoms with Gasteiger partial charge in [-0.2, -0.15) is 0 Å². The zero-order chi connectivity index (χ0) is 13.7. The number of benzene rings is 2. The molecule has 0 fully saturated rings. The summed E-state index contributed by atoms with van der Waals surface area (Å²) in [6.45, 7) is 0. The Kier molecular flexibility index (Phi) is 2.46. The largest absolute Gasteiger partial charge is 0.396 e. The van der Waals surface area contributed by atoms with E-state index in [0.717, 1.165) is 0 Å². The van der Waals surface area contributed by atoms with Gasteiger partial charge in [-0.05, 0) is 22.0 Å². The molecule has 0 unspecified atom stereocenters. The summed E-state index contributed by atoms with van der Waals surface area (Å²) in [6, 6.07) is 8.25. The third-order valence-electron chi connectivity index (χ3n) is 3.25. The van der Waals surface area contributed by atoms with E-state index in [0.29, 0.717) is 21.2 Å². The van der Waals surface area contributed by atoms with Gasteiger partial charge in [-0.25, -0.2) is 0 Å². The summed E-state index contributed by atoms with van der Waals surface area (Å²) in [5.74, 6) is -0.473. The summed E-state index contributed by atoms with van der Waals surface area (Å²) in [7, 11) is 0. The molecule has 4 nitrogen and oxygen atoms in total. The molecule has 19 heavy (non-hydrogen) atoms. The third kappa shape index (κ3) is 1.51. The van der Waals surface area contributed by atoms with Crippen LogP contribution in [0.2, 0.25) is 0 Å². The van der Waals surface area contributed by atoms with Gasteiger partial charge in [-0.15, -0.1) is 0 Å². The topological polar surface area (TPSA) is 86.2 Å². The summed E-state index contributed by atoms with van der Waals surface area (Å²) < 4.78 is 0.518. The number of nitrogens with two attached hydrogens (primary N) is 2. The molecule has 0 saturated carbocycles. The summed E-state index contributed by atoms with van der Waals surface area (Å²) in [5.41, 5.74) is 13.4. The number of fused-ring (bicyclic) bond motifs is 2. The Bertz CT molecular complexity index is 753. The Balaban J connectivity index is 2.40. The number of ketones is 2. The van der Waals surface area contributed by atoms with Gasteiger partial charge in [-0.1, -0.05) is 24.3 Å².